The van der Waals surface area contributed by atoms with E-state index in [1.54, 1.807) is 0 Å². The van der Waals surface area contributed by atoms with Crippen molar-refractivity contribution in [2.45, 2.75) is 63.3 Å². The Morgan fingerprint density at radius 1 is 0.780 bits per heavy atom. The van der Waals surface area contributed by atoms with Gasteiger partial charge in [0.25, 0.3) is 10.0 Å². The van der Waals surface area contributed by atoms with Crippen molar-refractivity contribution in [2.75, 3.05) is 11.3 Å². The Labute approximate surface area is 241 Å². The van der Waals surface area contributed by atoms with Crippen LogP contribution in [0.4, 0.5) is 5.69 Å². The lowest BCUT2D eigenvalue weighted by atomic mass is 9.98. The van der Waals surface area contributed by atoms with E-state index in [2.05, 4.69) is 4.72 Å². The lowest BCUT2D eigenvalue weighted by Gasteiger charge is -2.43. The van der Waals surface area contributed by atoms with Crippen LogP contribution in [-0.2, 0) is 52.9 Å². The van der Waals surface area contributed by atoms with Gasteiger partial charge in [0.15, 0.2) is 12.2 Å². The highest BCUT2D eigenvalue weighted by Crippen LogP contribution is 2.31. The van der Waals surface area contributed by atoms with Crippen molar-refractivity contribution in [2.24, 2.45) is 0 Å². The highest BCUT2D eigenvalue weighted by atomic mass is 35.5. The van der Waals surface area contributed by atoms with Crippen LogP contribution in [0.25, 0.3) is 0 Å². The Kier molecular flexibility index (Phi) is 10.5. The first-order chi connectivity index (χ1) is 19.2. The second kappa shape index (κ2) is 13.7. The van der Waals surface area contributed by atoms with Crippen molar-refractivity contribution < 1.29 is 56.0 Å². The molecule has 0 saturated carbocycles. The van der Waals surface area contributed by atoms with Gasteiger partial charge >= 0.3 is 23.9 Å². The number of carbonyl (C=O) groups excluding carboxylic acids is 4. The number of sulfonamides is 1. The van der Waals surface area contributed by atoms with Gasteiger partial charge in [-0.05, 0) is 48.5 Å². The molecular formula is C26H28ClNO12S. The topological polar surface area (TPSA) is 170 Å². The highest BCUT2D eigenvalue weighted by molar-refractivity contribution is 7.92. The van der Waals surface area contributed by atoms with Gasteiger partial charge in [0.1, 0.15) is 18.5 Å². The van der Waals surface area contributed by atoms with Crippen LogP contribution in [0.3, 0.4) is 0 Å². The summed E-state index contributed by atoms with van der Waals surface area (Å²) in [5, 5.41) is 0.382. The summed E-state index contributed by atoms with van der Waals surface area (Å²) in [5.74, 6) is -2.85. The van der Waals surface area contributed by atoms with Crippen LogP contribution in [0.1, 0.15) is 27.7 Å². The van der Waals surface area contributed by atoms with E-state index >= 15 is 0 Å². The van der Waals surface area contributed by atoms with Gasteiger partial charge < -0.3 is 28.4 Å². The molecule has 0 unspecified atom stereocenters. The summed E-state index contributed by atoms with van der Waals surface area (Å²) in [6, 6.07) is 11.2. The van der Waals surface area contributed by atoms with E-state index in [-0.39, 0.29) is 16.3 Å². The molecule has 5 atom stereocenters. The van der Waals surface area contributed by atoms with Crippen LogP contribution >= 0.6 is 11.6 Å². The SMILES string of the molecule is CC(=O)OC[C@H]1O[C@H](Oc2ccc(NS(=O)(=O)c3ccc(Cl)cc3)cc2)[C@H](OC(C)=O)[C@@H](OC(C)=O)[C@@H]1OC(C)=O. The van der Waals surface area contributed by atoms with E-state index in [0.29, 0.717) is 5.02 Å². The fourth-order valence-corrected chi connectivity index (χ4v) is 5.03. The summed E-state index contributed by atoms with van der Waals surface area (Å²) in [6.07, 6.45) is -6.77. The molecule has 0 amide bonds. The number of ether oxygens (including phenoxy) is 6. The monoisotopic (exact) mass is 613 g/mol. The molecule has 0 aromatic heterocycles. The zero-order valence-electron chi connectivity index (χ0n) is 22.4. The summed E-state index contributed by atoms with van der Waals surface area (Å²) in [5.41, 5.74) is 0.203. The maximum Gasteiger partial charge on any atom is 0.303 e. The molecule has 0 bridgehead atoms. The van der Waals surface area contributed by atoms with Crippen LogP contribution in [0, 0.1) is 0 Å². The zero-order valence-corrected chi connectivity index (χ0v) is 24.0. The highest BCUT2D eigenvalue weighted by Gasteiger charge is 2.53. The number of esters is 4. The maximum atomic E-state index is 12.7. The van der Waals surface area contributed by atoms with Crippen LogP contribution < -0.4 is 9.46 Å². The lowest BCUT2D eigenvalue weighted by molar-refractivity contribution is -0.288. The Balaban J connectivity index is 1.87. The minimum atomic E-state index is -3.91. The van der Waals surface area contributed by atoms with Gasteiger partial charge in [-0.3, -0.25) is 23.9 Å². The van der Waals surface area contributed by atoms with E-state index < -0.39 is 71.2 Å². The molecule has 1 aliphatic rings. The number of halogens is 1. The first kappa shape index (κ1) is 31.6. The molecule has 2 aromatic carbocycles. The zero-order chi connectivity index (χ0) is 30.3. The number of hydrogen-bond acceptors (Lipinski definition) is 12. The lowest BCUT2D eigenvalue weighted by Crippen LogP contribution is -2.63. The van der Waals surface area contributed by atoms with Crippen LogP contribution in [0.2, 0.25) is 5.02 Å². The number of hydrogen-bond donors (Lipinski definition) is 1. The Bertz CT molecular complexity index is 1360. The first-order valence-corrected chi connectivity index (χ1v) is 14.0. The van der Waals surface area contributed by atoms with Crippen LogP contribution in [0.5, 0.6) is 5.75 Å². The molecule has 13 nitrogen and oxygen atoms in total. The van der Waals surface area contributed by atoms with E-state index in [4.69, 9.17) is 40.0 Å². The minimum absolute atomic E-state index is 0.000255. The van der Waals surface area contributed by atoms with Crippen molar-refractivity contribution >= 4 is 51.2 Å². The molecule has 41 heavy (non-hydrogen) atoms. The molecule has 15 heteroatoms. The average molecular weight is 614 g/mol. The van der Waals surface area contributed by atoms with Crippen molar-refractivity contribution in [3.8, 4) is 5.75 Å². The standard InChI is InChI=1S/C26H28ClNO12S/c1-14(29)35-13-22-23(36-15(2)30)24(37-16(3)31)25(38-17(4)32)26(40-22)39-20-9-7-19(8-10-20)28-41(33,34)21-11-5-18(27)6-12-21/h5-12,22-26,28H,13H2,1-4H3/t22-,23-,24+,25-,26+/m1/s1. The van der Waals surface area contributed by atoms with Gasteiger partial charge in [0, 0.05) is 38.4 Å². The molecule has 1 fully saturated rings. The summed E-state index contributed by atoms with van der Waals surface area (Å²) >= 11 is 5.83. The normalized spacial score (nSPS) is 22.1. The minimum Gasteiger partial charge on any atom is -0.463 e. The number of benzene rings is 2. The molecule has 0 aliphatic carbocycles. The number of carbonyl (C=O) groups is 4. The molecule has 222 valence electrons. The summed E-state index contributed by atoms with van der Waals surface area (Å²) in [4.78, 5) is 47.2. The van der Waals surface area contributed by atoms with Gasteiger partial charge in [-0.2, -0.15) is 0 Å². The quantitative estimate of drug-likeness (QED) is 0.307. The summed E-state index contributed by atoms with van der Waals surface area (Å²) in [7, 11) is -3.91. The molecule has 0 radical (unpaired) electrons. The predicted octanol–water partition coefficient (Wildman–Crippen LogP) is 2.60. The van der Waals surface area contributed by atoms with E-state index in [1.807, 2.05) is 0 Å². The molecule has 1 saturated heterocycles. The molecule has 2 aromatic rings. The molecule has 1 heterocycles. The van der Waals surface area contributed by atoms with E-state index in [0.717, 1.165) is 27.7 Å². The van der Waals surface area contributed by atoms with Gasteiger partial charge in [-0.1, -0.05) is 11.6 Å². The molecule has 3 rings (SSSR count). The fourth-order valence-electron chi connectivity index (χ4n) is 3.85. The van der Waals surface area contributed by atoms with Gasteiger partial charge in [0.05, 0.1) is 4.90 Å². The first-order valence-electron chi connectivity index (χ1n) is 12.1. The Morgan fingerprint density at radius 3 is 1.85 bits per heavy atom. The molecule has 1 N–H and O–H groups in total. The average Bonchev–Trinajstić information content (AvgIpc) is 2.87. The van der Waals surface area contributed by atoms with Crippen molar-refractivity contribution in [3.05, 3.63) is 53.6 Å². The predicted molar refractivity (Wildman–Crippen MR) is 141 cm³/mol. The van der Waals surface area contributed by atoms with Crippen LogP contribution in [-0.4, -0.2) is 69.6 Å². The smallest absolute Gasteiger partial charge is 0.303 e. The van der Waals surface area contributed by atoms with E-state index in [1.165, 1.54) is 48.5 Å². The largest absolute Gasteiger partial charge is 0.463 e. The van der Waals surface area contributed by atoms with Crippen LogP contribution in [0.15, 0.2) is 53.4 Å². The number of nitrogens with one attached hydrogen (secondary N) is 1. The van der Waals surface area contributed by atoms with Gasteiger partial charge in [-0.25, -0.2) is 8.42 Å². The fraction of sp³-hybridized carbons (Fsp3) is 0.385. The number of rotatable bonds is 10. The third-order valence-electron chi connectivity index (χ3n) is 5.43. The maximum absolute atomic E-state index is 12.7. The van der Waals surface area contributed by atoms with Crippen molar-refractivity contribution in [3.63, 3.8) is 0 Å². The van der Waals surface area contributed by atoms with Gasteiger partial charge in [0.2, 0.25) is 12.4 Å². The Hall–Kier alpha value is -3.88. The molecular weight excluding hydrogens is 586 g/mol. The summed E-state index contributed by atoms with van der Waals surface area (Å²) in [6.45, 7) is 4.07. The molecule has 0 spiro atoms. The van der Waals surface area contributed by atoms with Crippen molar-refractivity contribution in [1.82, 2.24) is 0 Å². The third kappa shape index (κ3) is 9.06. The second-order valence-electron chi connectivity index (χ2n) is 8.77. The van der Waals surface area contributed by atoms with E-state index in [9.17, 15) is 27.6 Å². The summed E-state index contributed by atoms with van der Waals surface area (Å²) < 4.78 is 60.6. The molecule has 1 aliphatic heterocycles. The Morgan fingerprint density at radius 2 is 1.32 bits per heavy atom. The number of anilines is 1. The second-order valence-corrected chi connectivity index (χ2v) is 10.9. The van der Waals surface area contributed by atoms with Crippen molar-refractivity contribution in [1.29, 1.82) is 0 Å². The van der Waals surface area contributed by atoms with Gasteiger partial charge in [-0.15, -0.1) is 0 Å². The third-order valence-corrected chi connectivity index (χ3v) is 7.08.